The van der Waals surface area contributed by atoms with Crippen molar-refractivity contribution in [1.29, 1.82) is 0 Å². The van der Waals surface area contributed by atoms with Gasteiger partial charge in [0.15, 0.2) is 0 Å². The normalized spacial score (nSPS) is 19.9. The number of nitrogens with zero attached hydrogens (tertiary/aromatic N) is 2. The van der Waals surface area contributed by atoms with Crippen molar-refractivity contribution in [2.45, 2.75) is 25.8 Å². The molecule has 5 heteroatoms. The van der Waals surface area contributed by atoms with Gasteiger partial charge in [0.1, 0.15) is 10.7 Å². The molecule has 4 nitrogen and oxygen atoms in total. The molecule has 0 amide bonds. The number of pyridine rings is 1. The van der Waals surface area contributed by atoms with Gasteiger partial charge in [-0.05, 0) is 38.1 Å². The quantitative estimate of drug-likeness (QED) is 0.791. The lowest BCUT2D eigenvalue weighted by atomic mass is 10.2. The Morgan fingerprint density at radius 3 is 3.22 bits per heavy atom. The average Bonchev–Trinajstić information content (AvgIpc) is 2.84. The van der Waals surface area contributed by atoms with Crippen LogP contribution in [-0.2, 0) is 0 Å². The third-order valence-electron chi connectivity index (χ3n) is 3.47. The summed E-state index contributed by atoms with van der Waals surface area (Å²) in [6.45, 7) is 5.46. The largest absolute Gasteiger partial charge is 0.388 e. The molecule has 2 rings (SSSR count). The number of likely N-dealkylation sites (N-methyl/N-ethyl adjacent to an activating group) is 1. The number of thiocarbonyl (C=S) groups is 1. The van der Waals surface area contributed by atoms with Crippen LogP contribution in [0.15, 0.2) is 18.3 Å². The second-order valence-corrected chi connectivity index (χ2v) is 5.01. The van der Waals surface area contributed by atoms with E-state index in [9.17, 15) is 0 Å². The van der Waals surface area contributed by atoms with Crippen molar-refractivity contribution in [1.82, 2.24) is 9.88 Å². The second-order valence-electron chi connectivity index (χ2n) is 4.57. The van der Waals surface area contributed by atoms with Crippen molar-refractivity contribution in [3.05, 3.63) is 24.0 Å². The first-order chi connectivity index (χ1) is 8.72. The lowest BCUT2D eigenvalue weighted by Crippen LogP contribution is -2.35. The van der Waals surface area contributed by atoms with E-state index >= 15 is 0 Å². The Morgan fingerprint density at radius 2 is 2.50 bits per heavy atom. The molecule has 98 valence electrons. The van der Waals surface area contributed by atoms with Gasteiger partial charge in [-0.3, -0.25) is 9.88 Å². The summed E-state index contributed by atoms with van der Waals surface area (Å²) in [4.78, 5) is 7.07. The first-order valence-electron chi connectivity index (χ1n) is 6.45. The molecular formula is C13H20N4S. The van der Waals surface area contributed by atoms with Crippen LogP contribution in [0.25, 0.3) is 0 Å². The highest BCUT2D eigenvalue weighted by Gasteiger charge is 2.22. The Balaban J connectivity index is 2.00. The minimum absolute atomic E-state index is 0.344. The molecular weight excluding hydrogens is 244 g/mol. The Labute approximate surface area is 114 Å². The number of anilines is 1. The summed E-state index contributed by atoms with van der Waals surface area (Å²) in [5, 5.41) is 3.43. The summed E-state index contributed by atoms with van der Waals surface area (Å²) in [5.74, 6) is 0. The SMILES string of the molecule is CCN1CCCC1CNc1cccnc1C(N)=S. The summed E-state index contributed by atoms with van der Waals surface area (Å²) in [6.07, 6.45) is 4.26. The Kier molecular flexibility index (Phi) is 4.49. The average molecular weight is 264 g/mol. The summed E-state index contributed by atoms with van der Waals surface area (Å²) in [5.41, 5.74) is 7.30. The lowest BCUT2D eigenvalue weighted by Gasteiger charge is -2.23. The molecule has 3 N–H and O–H groups in total. The predicted molar refractivity (Wildman–Crippen MR) is 78.9 cm³/mol. The smallest absolute Gasteiger partial charge is 0.124 e. The molecule has 1 fully saturated rings. The van der Waals surface area contributed by atoms with Crippen LogP contribution < -0.4 is 11.1 Å². The van der Waals surface area contributed by atoms with Gasteiger partial charge in [-0.25, -0.2) is 0 Å². The van der Waals surface area contributed by atoms with Crippen molar-refractivity contribution < 1.29 is 0 Å². The molecule has 0 radical (unpaired) electrons. The van der Waals surface area contributed by atoms with Crippen molar-refractivity contribution in [2.24, 2.45) is 5.73 Å². The Morgan fingerprint density at radius 1 is 1.67 bits per heavy atom. The monoisotopic (exact) mass is 264 g/mol. The zero-order valence-corrected chi connectivity index (χ0v) is 11.5. The number of hydrogen-bond donors (Lipinski definition) is 2. The molecule has 1 aromatic heterocycles. The number of likely N-dealkylation sites (tertiary alicyclic amines) is 1. The molecule has 1 saturated heterocycles. The molecule has 0 aromatic carbocycles. The molecule has 18 heavy (non-hydrogen) atoms. The van der Waals surface area contributed by atoms with E-state index in [1.54, 1.807) is 6.20 Å². The molecule has 1 aliphatic rings. The third kappa shape index (κ3) is 2.97. The van der Waals surface area contributed by atoms with Crippen LogP contribution >= 0.6 is 12.2 Å². The van der Waals surface area contributed by atoms with Crippen molar-refractivity contribution >= 4 is 22.9 Å². The van der Waals surface area contributed by atoms with E-state index in [0.717, 1.165) is 18.8 Å². The highest BCUT2D eigenvalue weighted by atomic mass is 32.1. The van der Waals surface area contributed by atoms with Gasteiger partial charge in [0.05, 0.1) is 5.69 Å². The van der Waals surface area contributed by atoms with Crippen molar-refractivity contribution in [3.8, 4) is 0 Å². The van der Waals surface area contributed by atoms with Gasteiger partial charge >= 0.3 is 0 Å². The van der Waals surface area contributed by atoms with Gasteiger partial charge in [-0.1, -0.05) is 19.1 Å². The zero-order valence-electron chi connectivity index (χ0n) is 10.7. The number of rotatable bonds is 5. The molecule has 0 aliphatic carbocycles. The Hall–Kier alpha value is -1.20. The fourth-order valence-corrected chi connectivity index (χ4v) is 2.68. The van der Waals surface area contributed by atoms with Gasteiger partial charge in [0, 0.05) is 18.8 Å². The fourth-order valence-electron chi connectivity index (χ4n) is 2.51. The number of aromatic nitrogens is 1. The van der Waals surface area contributed by atoms with E-state index in [-0.39, 0.29) is 0 Å². The molecule has 0 saturated carbocycles. The van der Waals surface area contributed by atoms with Gasteiger partial charge in [0.25, 0.3) is 0 Å². The summed E-state index contributed by atoms with van der Waals surface area (Å²) < 4.78 is 0. The van der Waals surface area contributed by atoms with Gasteiger partial charge in [-0.2, -0.15) is 0 Å². The maximum Gasteiger partial charge on any atom is 0.124 e. The highest BCUT2D eigenvalue weighted by Crippen LogP contribution is 2.18. The molecule has 1 atom stereocenters. The molecule has 2 heterocycles. The number of hydrogen-bond acceptors (Lipinski definition) is 4. The maximum absolute atomic E-state index is 5.67. The third-order valence-corrected chi connectivity index (χ3v) is 3.67. The summed E-state index contributed by atoms with van der Waals surface area (Å²) in [6, 6.07) is 4.48. The highest BCUT2D eigenvalue weighted by molar-refractivity contribution is 7.80. The molecule has 1 aliphatic heterocycles. The topological polar surface area (TPSA) is 54.2 Å². The van der Waals surface area contributed by atoms with Gasteiger partial charge in [0.2, 0.25) is 0 Å². The van der Waals surface area contributed by atoms with E-state index in [4.69, 9.17) is 18.0 Å². The van der Waals surface area contributed by atoms with Crippen LogP contribution in [0.4, 0.5) is 5.69 Å². The van der Waals surface area contributed by atoms with Gasteiger partial charge < -0.3 is 11.1 Å². The molecule has 0 bridgehead atoms. The van der Waals surface area contributed by atoms with Gasteiger partial charge in [-0.15, -0.1) is 0 Å². The van der Waals surface area contributed by atoms with E-state index in [2.05, 4.69) is 22.1 Å². The van der Waals surface area contributed by atoms with E-state index in [1.165, 1.54) is 19.4 Å². The van der Waals surface area contributed by atoms with Crippen LogP contribution in [0.3, 0.4) is 0 Å². The fraction of sp³-hybridized carbons (Fsp3) is 0.538. The van der Waals surface area contributed by atoms with Crippen LogP contribution in [0.2, 0.25) is 0 Å². The van der Waals surface area contributed by atoms with Crippen molar-refractivity contribution in [3.63, 3.8) is 0 Å². The van der Waals surface area contributed by atoms with Crippen LogP contribution in [-0.4, -0.2) is 40.5 Å². The van der Waals surface area contributed by atoms with Crippen LogP contribution in [0, 0.1) is 0 Å². The van der Waals surface area contributed by atoms with Crippen LogP contribution in [0.5, 0.6) is 0 Å². The minimum atomic E-state index is 0.344. The first kappa shape index (κ1) is 13.2. The van der Waals surface area contributed by atoms with Crippen LogP contribution in [0.1, 0.15) is 25.5 Å². The lowest BCUT2D eigenvalue weighted by molar-refractivity contribution is 0.277. The van der Waals surface area contributed by atoms with E-state index in [0.29, 0.717) is 16.7 Å². The van der Waals surface area contributed by atoms with E-state index < -0.39 is 0 Å². The molecule has 1 aromatic rings. The standard InChI is InChI=1S/C13H20N4S/c1-2-17-8-4-5-10(17)9-16-11-6-3-7-15-12(11)13(14)18/h3,6-7,10,16H,2,4-5,8-9H2,1H3,(H2,14,18). The molecule has 0 spiro atoms. The maximum atomic E-state index is 5.67. The second kappa shape index (κ2) is 6.11. The zero-order chi connectivity index (χ0) is 13.0. The molecule has 1 unspecified atom stereocenters. The van der Waals surface area contributed by atoms with E-state index in [1.807, 2.05) is 12.1 Å². The first-order valence-corrected chi connectivity index (χ1v) is 6.86. The predicted octanol–water partition coefficient (Wildman–Crippen LogP) is 1.61. The Bertz CT molecular complexity index is 421. The summed E-state index contributed by atoms with van der Waals surface area (Å²) in [7, 11) is 0. The summed E-state index contributed by atoms with van der Waals surface area (Å²) >= 11 is 5.01. The minimum Gasteiger partial charge on any atom is -0.388 e. The number of nitrogens with two attached hydrogens (primary N) is 1. The van der Waals surface area contributed by atoms with Crippen molar-refractivity contribution in [2.75, 3.05) is 25.0 Å². The number of nitrogens with one attached hydrogen (secondary N) is 1.